The molecule has 2 fully saturated rings. The molecule has 0 aromatic rings. The van der Waals surface area contributed by atoms with E-state index in [1.165, 1.54) is 0 Å². The zero-order valence-electron chi connectivity index (χ0n) is 6.56. The van der Waals surface area contributed by atoms with Crippen LogP contribution in [0.15, 0.2) is 5.11 Å². The van der Waals surface area contributed by atoms with E-state index in [1.807, 2.05) is 0 Å². The van der Waals surface area contributed by atoms with Crippen molar-refractivity contribution in [3.63, 3.8) is 0 Å². The third kappa shape index (κ3) is 1.18. The van der Waals surface area contributed by atoms with Crippen molar-refractivity contribution in [2.24, 2.45) is 5.11 Å². The number of azide groups is 1. The Balaban J connectivity index is 2.19. The molecule has 2 aliphatic rings. The Bertz CT molecular complexity index is 267. The molecule has 1 saturated carbocycles. The zero-order valence-corrected chi connectivity index (χ0v) is 6.56. The van der Waals surface area contributed by atoms with Crippen LogP contribution < -0.4 is 0 Å². The number of fused-ring (bicyclic) bond motifs is 1. The molecule has 72 valence electrons. The Morgan fingerprint density at radius 1 is 1.08 bits per heavy atom. The summed E-state index contributed by atoms with van der Waals surface area (Å²) in [6.07, 6.45) is -4.39. The average molecular weight is 187 g/mol. The minimum atomic E-state index is -1.25. The first-order valence-electron chi connectivity index (χ1n) is 3.90. The SMILES string of the molecule is [N-]=[N+]=N[C@H]1[C@H](O)[C@H](O)[C@@H]2O[C@@H]2[C@H]1O. The van der Waals surface area contributed by atoms with Gasteiger partial charge < -0.3 is 20.1 Å². The minimum Gasteiger partial charge on any atom is -0.390 e. The monoisotopic (exact) mass is 187 g/mol. The minimum absolute atomic E-state index is 0.506. The van der Waals surface area contributed by atoms with E-state index < -0.39 is 36.6 Å². The molecule has 7 nitrogen and oxygen atoms in total. The van der Waals surface area contributed by atoms with Gasteiger partial charge in [0.2, 0.25) is 0 Å². The van der Waals surface area contributed by atoms with E-state index in [9.17, 15) is 15.3 Å². The largest absolute Gasteiger partial charge is 0.390 e. The summed E-state index contributed by atoms with van der Waals surface area (Å²) in [5.74, 6) is 0. The normalized spacial score (nSPS) is 53.5. The summed E-state index contributed by atoms with van der Waals surface area (Å²) in [4.78, 5) is 2.49. The highest BCUT2D eigenvalue weighted by Crippen LogP contribution is 2.38. The van der Waals surface area contributed by atoms with Crippen LogP contribution in [0.4, 0.5) is 0 Å². The Morgan fingerprint density at radius 2 is 1.69 bits per heavy atom. The van der Waals surface area contributed by atoms with Gasteiger partial charge in [-0.3, -0.25) is 0 Å². The van der Waals surface area contributed by atoms with Crippen molar-refractivity contribution in [3.8, 4) is 0 Å². The van der Waals surface area contributed by atoms with E-state index >= 15 is 0 Å². The van der Waals surface area contributed by atoms with Gasteiger partial charge in [0.15, 0.2) is 0 Å². The van der Waals surface area contributed by atoms with Gasteiger partial charge >= 0.3 is 0 Å². The van der Waals surface area contributed by atoms with Crippen molar-refractivity contribution in [2.45, 2.75) is 36.6 Å². The number of aliphatic hydroxyl groups excluding tert-OH is 3. The smallest absolute Gasteiger partial charge is 0.115 e. The molecule has 1 heterocycles. The predicted molar refractivity (Wildman–Crippen MR) is 39.6 cm³/mol. The summed E-state index contributed by atoms with van der Waals surface area (Å²) in [6, 6.07) is -1.02. The molecule has 1 saturated heterocycles. The second-order valence-corrected chi connectivity index (χ2v) is 3.23. The van der Waals surface area contributed by atoms with Crippen LogP contribution in [-0.2, 0) is 4.74 Å². The number of rotatable bonds is 1. The van der Waals surface area contributed by atoms with E-state index in [-0.39, 0.29) is 0 Å². The van der Waals surface area contributed by atoms with Crippen molar-refractivity contribution < 1.29 is 20.1 Å². The van der Waals surface area contributed by atoms with E-state index in [1.54, 1.807) is 0 Å². The van der Waals surface area contributed by atoms with Crippen LogP contribution in [0.25, 0.3) is 10.4 Å². The number of hydrogen-bond donors (Lipinski definition) is 3. The molecule has 6 atom stereocenters. The molecule has 0 spiro atoms. The number of hydrogen-bond acceptors (Lipinski definition) is 5. The summed E-state index contributed by atoms with van der Waals surface area (Å²) in [5, 5.41) is 31.4. The topological polar surface area (TPSA) is 122 Å². The fraction of sp³-hybridized carbons (Fsp3) is 1.00. The van der Waals surface area contributed by atoms with Crippen molar-refractivity contribution >= 4 is 0 Å². The number of epoxide rings is 1. The predicted octanol–water partition coefficient (Wildman–Crippen LogP) is -1.47. The van der Waals surface area contributed by atoms with E-state index in [0.717, 1.165) is 0 Å². The van der Waals surface area contributed by atoms with Crippen LogP contribution in [-0.4, -0.2) is 51.9 Å². The summed E-state index contributed by atoms with van der Waals surface area (Å²) >= 11 is 0. The average Bonchev–Trinajstić information content (AvgIpc) is 2.88. The highest BCUT2D eigenvalue weighted by molar-refractivity contribution is 5.10. The van der Waals surface area contributed by atoms with Gasteiger partial charge in [-0.15, -0.1) is 0 Å². The summed E-state index contributed by atoms with van der Waals surface area (Å²) in [5.41, 5.74) is 8.15. The van der Waals surface area contributed by atoms with Crippen molar-refractivity contribution in [1.82, 2.24) is 0 Å². The summed E-state index contributed by atoms with van der Waals surface area (Å²) < 4.78 is 4.91. The van der Waals surface area contributed by atoms with Gasteiger partial charge in [0, 0.05) is 4.91 Å². The molecule has 0 bridgehead atoms. The maximum atomic E-state index is 9.44. The number of ether oxygens (including phenoxy) is 1. The molecule has 0 aromatic heterocycles. The van der Waals surface area contributed by atoms with Crippen LogP contribution in [0, 0.1) is 0 Å². The fourth-order valence-corrected chi connectivity index (χ4v) is 1.67. The van der Waals surface area contributed by atoms with Crippen LogP contribution in [0.2, 0.25) is 0 Å². The third-order valence-corrected chi connectivity index (χ3v) is 2.47. The molecule has 7 heteroatoms. The lowest BCUT2D eigenvalue weighted by Gasteiger charge is -2.29. The van der Waals surface area contributed by atoms with Gasteiger partial charge in [0.05, 0.1) is 18.2 Å². The second kappa shape index (κ2) is 2.83. The molecule has 2 rings (SSSR count). The number of nitrogens with zero attached hydrogens (tertiary/aromatic N) is 3. The summed E-state index contributed by atoms with van der Waals surface area (Å²) in [7, 11) is 0. The Kier molecular flexibility index (Phi) is 1.90. The van der Waals surface area contributed by atoms with Gasteiger partial charge in [-0.1, -0.05) is 5.11 Å². The van der Waals surface area contributed by atoms with E-state index in [4.69, 9.17) is 10.3 Å². The van der Waals surface area contributed by atoms with Crippen molar-refractivity contribution in [1.29, 1.82) is 0 Å². The fourth-order valence-electron chi connectivity index (χ4n) is 1.67. The Morgan fingerprint density at radius 3 is 2.31 bits per heavy atom. The first kappa shape index (κ1) is 8.74. The molecule has 0 aromatic carbocycles. The van der Waals surface area contributed by atoms with Crippen molar-refractivity contribution in [3.05, 3.63) is 10.4 Å². The van der Waals surface area contributed by atoms with Crippen molar-refractivity contribution in [2.75, 3.05) is 0 Å². The molecule has 3 N–H and O–H groups in total. The molecule has 13 heavy (non-hydrogen) atoms. The maximum Gasteiger partial charge on any atom is 0.115 e. The van der Waals surface area contributed by atoms with Gasteiger partial charge in [0.1, 0.15) is 18.3 Å². The van der Waals surface area contributed by atoms with Gasteiger partial charge in [-0.2, -0.15) is 0 Å². The highest BCUT2D eigenvalue weighted by atomic mass is 16.6. The molecule has 0 amide bonds. The number of aliphatic hydroxyl groups is 3. The second-order valence-electron chi connectivity index (χ2n) is 3.23. The molecule has 1 aliphatic carbocycles. The van der Waals surface area contributed by atoms with E-state index in [2.05, 4.69) is 10.0 Å². The first-order chi connectivity index (χ1) is 6.16. The lowest BCUT2D eigenvalue weighted by Crippen LogP contribution is -2.52. The van der Waals surface area contributed by atoms with Crippen LogP contribution in [0.1, 0.15) is 0 Å². The summed E-state index contributed by atoms with van der Waals surface area (Å²) in [6.45, 7) is 0. The van der Waals surface area contributed by atoms with Crippen LogP contribution >= 0.6 is 0 Å². The standard InChI is InChI=1S/C6H9N3O4/c7-9-8-1-2(10)4(12)6-5(13-6)3(1)11/h1-6,10-12H/t1-,2-,3-,4-,5+,6-/m0/s1. The van der Waals surface area contributed by atoms with Crippen LogP contribution in [0.5, 0.6) is 0 Å². The Labute approximate surface area is 73.2 Å². The zero-order chi connectivity index (χ0) is 9.59. The highest BCUT2D eigenvalue weighted by Gasteiger charge is 2.59. The van der Waals surface area contributed by atoms with Gasteiger partial charge in [0.25, 0.3) is 0 Å². The maximum absolute atomic E-state index is 9.44. The molecule has 0 unspecified atom stereocenters. The lowest BCUT2D eigenvalue weighted by atomic mass is 9.88. The molecule has 1 aliphatic heterocycles. The van der Waals surface area contributed by atoms with Gasteiger partial charge in [-0.25, -0.2) is 0 Å². The first-order valence-corrected chi connectivity index (χ1v) is 3.90. The quantitative estimate of drug-likeness (QED) is 0.201. The Hall–Kier alpha value is -0.850. The molecular weight excluding hydrogens is 178 g/mol. The van der Waals surface area contributed by atoms with Gasteiger partial charge in [-0.05, 0) is 5.53 Å². The molecule has 0 radical (unpaired) electrons. The van der Waals surface area contributed by atoms with Crippen LogP contribution in [0.3, 0.4) is 0 Å². The molecular formula is C6H9N3O4. The van der Waals surface area contributed by atoms with E-state index in [0.29, 0.717) is 0 Å². The lowest BCUT2D eigenvalue weighted by molar-refractivity contribution is -0.0483. The third-order valence-electron chi connectivity index (χ3n) is 2.47.